The highest BCUT2D eigenvalue weighted by Crippen LogP contribution is 2.11. The van der Waals surface area contributed by atoms with Crippen LogP contribution in [0.25, 0.3) is 0 Å². The van der Waals surface area contributed by atoms with Gasteiger partial charge >= 0.3 is 0 Å². The van der Waals surface area contributed by atoms with Gasteiger partial charge in [0.15, 0.2) is 0 Å². The van der Waals surface area contributed by atoms with Crippen LogP contribution in [0.3, 0.4) is 0 Å². The zero-order valence-electron chi connectivity index (χ0n) is 11.9. The highest BCUT2D eigenvalue weighted by Gasteiger charge is 2.18. The number of thioether (sulfide) groups is 1. The second-order valence-electron chi connectivity index (χ2n) is 4.84. The van der Waals surface area contributed by atoms with Gasteiger partial charge in [0.2, 0.25) is 5.91 Å². The molecule has 1 aliphatic heterocycles. The van der Waals surface area contributed by atoms with Crippen molar-refractivity contribution in [2.45, 2.75) is 25.0 Å². The lowest BCUT2D eigenvalue weighted by molar-refractivity contribution is -0.135. The summed E-state index contributed by atoms with van der Waals surface area (Å²) in [7, 11) is 1.58. The van der Waals surface area contributed by atoms with E-state index in [1.54, 1.807) is 7.11 Å². The van der Waals surface area contributed by atoms with E-state index in [0.717, 1.165) is 44.4 Å². The minimum Gasteiger partial charge on any atom is -0.375 e. The van der Waals surface area contributed by atoms with Crippen LogP contribution >= 0.6 is 11.8 Å². The van der Waals surface area contributed by atoms with Crippen molar-refractivity contribution in [3.05, 3.63) is 0 Å². The average molecular weight is 274 g/mol. The Kier molecular flexibility index (Phi) is 7.70. The zero-order chi connectivity index (χ0) is 13.4. The standard InChI is InChI=1S/C13H26N2O2S/c1-12(18-3)5-8-14-6-4-7-15(10-9-14)13(16)11-17-2/h12H,4-11H2,1-3H3/t12-/m1/s1. The topological polar surface area (TPSA) is 32.8 Å². The van der Waals surface area contributed by atoms with E-state index in [4.69, 9.17) is 4.74 Å². The molecule has 0 unspecified atom stereocenters. The first-order valence-electron chi connectivity index (χ1n) is 6.69. The molecule has 0 N–H and O–H groups in total. The summed E-state index contributed by atoms with van der Waals surface area (Å²) in [6.45, 7) is 7.45. The molecule has 1 rings (SSSR count). The Bertz CT molecular complexity index is 251. The summed E-state index contributed by atoms with van der Waals surface area (Å²) in [6, 6.07) is 0. The van der Waals surface area contributed by atoms with Crippen molar-refractivity contribution in [2.75, 3.05) is 52.7 Å². The van der Waals surface area contributed by atoms with Crippen molar-refractivity contribution in [3.63, 3.8) is 0 Å². The molecule has 0 spiro atoms. The molecular formula is C13H26N2O2S. The van der Waals surface area contributed by atoms with Gasteiger partial charge in [-0.2, -0.15) is 11.8 Å². The van der Waals surface area contributed by atoms with E-state index in [2.05, 4.69) is 18.1 Å². The first-order chi connectivity index (χ1) is 8.67. The number of carbonyl (C=O) groups excluding carboxylic acids is 1. The molecule has 106 valence electrons. The molecule has 0 aliphatic carbocycles. The van der Waals surface area contributed by atoms with Gasteiger partial charge in [-0.15, -0.1) is 0 Å². The van der Waals surface area contributed by atoms with Gasteiger partial charge in [-0.3, -0.25) is 4.79 Å². The Morgan fingerprint density at radius 1 is 1.33 bits per heavy atom. The third-order valence-corrected chi connectivity index (χ3v) is 4.50. The summed E-state index contributed by atoms with van der Waals surface area (Å²) in [6.07, 6.45) is 4.47. The van der Waals surface area contributed by atoms with Crippen molar-refractivity contribution in [1.29, 1.82) is 0 Å². The Morgan fingerprint density at radius 2 is 2.11 bits per heavy atom. The van der Waals surface area contributed by atoms with Crippen LogP contribution in [-0.2, 0) is 9.53 Å². The minimum atomic E-state index is 0.122. The first kappa shape index (κ1) is 15.8. The third kappa shape index (κ3) is 5.59. The molecule has 0 saturated carbocycles. The molecule has 5 heteroatoms. The third-order valence-electron chi connectivity index (χ3n) is 3.46. The Balaban J connectivity index is 2.30. The van der Waals surface area contributed by atoms with E-state index >= 15 is 0 Å². The Morgan fingerprint density at radius 3 is 2.78 bits per heavy atom. The summed E-state index contributed by atoms with van der Waals surface area (Å²) in [5.41, 5.74) is 0. The summed E-state index contributed by atoms with van der Waals surface area (Å²) >= 11 is 1.92. The fourth-order valence-electron chi connectivity index (χ4n) is 2.14. The van der Waals surface area contributed by atoms with Gasteiger partial charge in [-0.05, 0) is 32.2 Å². The van der Waals surface area contributed by atoms with Crippen molar-refractivity contribution in [3.8, 4) is 0 Å². The number of hydrogen-bond acceptors (Lipinski definition) is 4. The molecule has 0 radical (unpaired) electrons. The fraction of sp³-hybridized carbons (Fsp3) is 0.923. The van der Waals surface area contributed by atoms with Crippen LogP contribution in [0.5, 0.6) is 0 Å². The molecule has 1 amide bonds. The normalized spacial score (nSPS) is 19.6. The molecule has 0 aromatic heterocycles. The van der Waals surface area contributed by atoms with Gasteiger partial charge in [-0.25, -0.2) is 0 Å². The zero-order valence-corrected chi connectivity index (χ0v) is 12.7. The fourth-order valence-corrected chi connectivity index (χ4v) is 2.48. The van der Waals surface area contributed by atoms with Gasteiger partial charge in [0.25, 0.3) is 0 Å². The van der Waals surface area contributed by atoms with E-state index in [9.17, 15) is 4.79 Å². The maximum Gasteiger partial charge on any atom is 0.248 e. The van der Waals surface area contributed by atoms with E-state index in [0.29, 0.717) is 0 Å². The molecule has 0 aromatic carbocycles. The van der Waals surface area contributed by atoms with E-state index in [-0.39, 0.29) is 12.5 Å². The molecular weight excluding hydrogens is 248 g/mol. The number of hydrogen-bond donors (Lipinski definition) is 0. The molecule has 1 saturated heterocycles. The minimum absolute atomic E-state index is 0.122. The van der Waals surface area contributed by atoms with Crippen LogP contribution in [0.4, 0.5) is 0 Å². The summed E-state index contributed by atoms with van der Waals surface area (Å²) in [4.78, 5) is 16.2. The summed E-state index contributed by atoms with van der Waals surface area (Å²) in [5.74, 6) is 0.122. The molecule has 0 bridgehead atoms. The molecule has 1 atom stereocenters. The second kappa shape index (κ2) is 8.77. The number of ether oxygens (including phenoxy) is 1. The van der Waals surface area contributed by atoms with Gasteiger partial charge in [0.05, 0.1) is 0 Å². The summed E-state index contributed by atoms with van der Waals surface area (Å²) in [5, 5.41) is 0.722. The number of methoxy groups -OCH3 is 1. The quantitative estimate of drug-likeness (QED) is 0.731. The highest BCUT2D eigenvalue weighted by molar-refractivity contribution is 7.99. The van der Waals surface area contributed by atoms with Crippen molar-refractivity contribution in [1.82, 2.24) is 9.80 Å². The van der Waals surface area contributed by atoms with Crippen LogP contribution in [0, 0.1) is 0 Å². The second-order valence-corrected chi connectivity index (χ2v) is 6.12. The van der Waals surface area contributed by atoms with Crippen LogP contribution in [-0.4, -0.2) is 73.7 Å². The van der Waals surface area contributed by atoms with Gasteiger partial charge in [0.1, 0.15) is 6.61 Å². The van der Waals surface area contributed by atoms with Gasteiger partial charge < -0.3 is 14.5 Å². The lowest BCUT2D eigenvalue weighted by atomic mass is 10.3. The van der Waals surface area contributed by atoms with Crippen LogP contribution in [0.2, 0.25) is 0 Å². The Hall–Kier alpha value is -0.260. The van der Waals surface area contributed by atoms with Gasteiger partial charge in [-0.1, -0.05) is 6.92 Å². The lowest BCUT2D eigenvalue weighted by Crippen LogP contribution is -2.37. The number of rotatable bonds is 6. The van der Waals surface area contributed by atoms with E-state index in [1.165, 1.54) is 6.42 Å². The number of carbonyl (C=O) groups is 1. The maximum absolute atomic E-state index is 11.7. The first-order valence-corrected chi connectivity index (χ1v) is 7.98. The average Bonchev–Trinajstić information content (AvgIpc) is 2.61. The molecule has 0 aromatic rings. The molecule has 1 fully saturated rings. The molecule has 4 nitrogen and oxygen atoms in total. The van der Waals surface area contributed by atoms with Gasteiger partial charge in [0, 0.05) is 32.0 Å². The Labute approximate surface area is 115 Å². The largest absolute Gasteiger partial charge is 0.375 e. The van der Waals surface area contributed by atoms with Crippen molar-refractivity contribution >= 4 is 17.7 Å². The van der Waals surface area contributed by atoms with Crippen molar-refractivity contribution in [2.24, 2.45) is 0 Å². The molecule has 1 aliphatic rings. The van der Waals surface area contributed by atoms with E-state index < -0.39 is 0 Å². The van der Waals surface area contributed by atoms with Crippen LogP contribution in [0.15, 0.2) is 0 Å². The van der Waals surface area contributed by atoms with Crippen molar-refractivity contribution < 1.29 is 9.53 Å². The predicted octanol–water partition coefficient (Wildman–Crippen LogP) is 1.31. The van der Waals surface area contributed by atoms with E-state index in [1.807, 2.05) is 16.7 Å². The SMILES string of the molecule is COCC(=O)N1CCCN(CC[C@@H](C)SC)CC1. The van der Waals surface area contributed by atoms with Crippen LogP contribution < -0.4 is 0 Å². The predicted molar refractivity (Wildman–Crippen MR) is 77.1 cm³/mol. The van der Waals surface area contributed by atoms with Crippen LogP contribution in [0.1, 0.15) is 19.8 Å². The smallest absolute Gasteiger partial charge is 0.248 e. The maximum atomic E-state index is 11.7. The number of amides is 1. The molecule has 18 heavy (non-hydrogen) atoms. The monoisotopic (exact) mass is 274 g/mol. The molecule has 1 heterocycles. The highest BCUT2D eigenvalue weighted by atomic mass is 32.2. The number of nitrogens with zero attached hydrogens (tertiary/aromatic N) is 2. The summed E-state index contributed by atoms with van der Waals surface area (Å²) < 4.78 is 4.91. The lowest BCUT2D eigenvalue weighted by Gasteiger charge is -2.22.